The molecule has 0 spiro atoms. The minimum Gasteiger partial charge on any atom is -0.488 e. The van der Waals surface area contributed by atoms with E-state index in [9.17, 15) is 4.39 Å². The van der Waals surface area contributed by atoms with Crippen molar-refractivity contribution in [2.45, 2.75) is 0 Å². The molecule has 0 bridgehead atoms. The summed E-state index contributed by atoms with van der Waals surface area (Å²) in [6.07, 6.45) is 3.18. The lowest BCUT2D eigenvalue weighted by Gasteiger charge is -2.31. The van der Waals surface area contributed by atoms with Crippen molar-refractivity contribution in [1.29, 1.82) is 0 Å². The third-order valence-corrected chi connectivity index (χ3v) is 4.08. The highest BCUT2D eigenvalue weighted by molar-refractivity contribution is 6.29. The van der Waals surface area contributed by atoms with Crippen LogP contribution in [0.15, 0.2) is 42.7 Å². The number of fused-ring (bicyclic) bond motifs is 1. The van der Waals surface area contributed by atoms with Gasteiger partial charge in [-0.15, -0.1) is 0 Å². The van der Waals surface area contributed by atoms with Gasteiger partial charge in [0.1, 0.15) is 23.3 Å². The lowest BCUT2D eigenvalue weighted by Crippen LogP contribution is -2.29. The molecule has 3 aromatic heterocycles. The molecule has 4 rings (SSSR count). The van der Waals surface area contributed by atoms with Crippen molar-refractivity contribution in [1.82, 2.24) is 15.0 Å². The second-order valence-electron chi connectivity index (χ2n) is 5.41. The molecule has 0 fully saturated rings. The van der Waals surface area contributed by atoms with Crippen molar-refractivity contribution < 1.29 is 9.13 Å². The molecule has 25 heavy (non-hydrogen) atoms. The van der Waals surface area contributed by atoms with Crippen LogP contribution in [0.5, 0.6) is 5.75 Å². The van der Waals surface area contributed by atoms with E-state index in [1.807, 2.05) is 11.0 Å². The summed E-state index contributed by atoms with van der Waals surface area (Å²) in [6.45, 7) is 1.06. The maximum atomic E-state index is 14.1. The van der Waals surface area contributed by atoms with Crippen LogP contribution in [-0.4, -0.2) is 28.1 Å². The third-order valence-electron chi connectivity index (χ3n) is 3.87. The Labute approximate surface area is 148 Å². The molecule has 0 saturated heterocycles. The molecule has 3 aromatic rings. The van der Waals surface area contributed by atoms with Crippen molar-refractivity contribution >= 4 is 28.8 Å². The van der Waals surface area contributed by atoms with E-state index in [-0.39, 0.29) is 10.8 Å². The Morgan fingerprint density at radius 2 is 2.08 bits per heavy atom. The lowest BCUT2D eigenvalue weighted by molar-refractivity contribution is 0.313. The fourth-order valence-corrected chi connectivity index (χ4v) is 2.88. The smallest absolute Gasteiger partial charge is 0.161 e. The fraction of sp³-hybridized carbons (Fsp3) is 0.118. The molecule has 2 N–H and O–H groups in total. The summed E-state index contributed by atoms with van der Waals surface area (Å²) in [6, 6.07) is 8.04. The van der Waals surface area contributed by atoms with Crippen LogP contribution in [0.25, 0.3) is 11.4 Å². The maximum Gasteiger partial charge on any atom is 0.161 e. The van der Waals surface area contributed by atoms with Crippen LogP contribution >= 0.6 is 11.6 Å². The van der Waals surface area contributed by atoms with Crippen LogP contribution in [0.3, 0.4) is 0 Å². The van der Waals surface area contributed by atoms with Crippen LogP contribution in [0.4, 0.5) is 21.6 Å². The Kier molecular flexibility index (Phi) is 3.85. The molecular weight excluding hydrogens is 345 g/mol. The van der Waals surface area contributed by atoms with Gasteiger partial charge in [0, 0.05) is 6.20 Å². The summed E-state index contributed by atoms with van der Waals surface area (Å²) in [5.74, 6) is 0.488. The molecule has 0 amide bonds. The number of nitrogens with two attached hydrogens (primary N) is 1. The average molecular weight is 358 g/mol. The molecule has 1 aliphatic heterocycles. The summed E-state index contributed by atoms with van der Waals surface area (Å²) < 4.78 is 19.8. The molecule has 126 valence electrons. The van der Waals surface area contributed by atoms with E-state index >= 15 is 0 Å². The minimum atomic E-state index is -0.499. The van der Waals surface area contributed by atoms with Crippen molar-refractivity contribution in [3.63, 3.8) is 0 Å². The summed E-state index contributed by atoms with van der Waals surface area (Å²) >= 11 is 5.89. The van der Waals surface area contributed by atoms with Gasteiger partial charge in [-0.2, -0.15) is 0 Å². The Bertz CT molecular complexity index is 952. The van der Waals surface area contributed by atoms with E-state index in [0.717, 1.165) is 11.4 Å². The van der Waals surface area contributed by atoms with E-state index in [1.54, 1.807) is 24.5 Å². The number of nitrogens with zero attached hydrogens (tertiary/aromatic N) is 4. The van der Waals surface area contributed by atoms with Crippen LogP contribution in [0.1, 0.15) is 0 Å². The Morgan fingerprint density at radius 1 is 1.20 bits per heavy atom. The summed E-state index contributed by atoms with van der Waals surface area (Å²) in [5.41, 5.74) is 7.92. The number of hydrogen-bond donors (Lipinski definition) is 1. The second-order valence-corrected chi connectivity index (χ2v) is 5.80. The maximum absolute atomic E-state index is 14.1. The van der Waals surface area contributed by atoms with Gasteiger partial charge in [-0.25, -0.2) is 14.4 Å². The Hall–Kier alpha value is -2.93. The summed E-state index contributed by atoms with van der Waals surface area (Å²) in [7, 11) is 0. The van der Waals surface area contributed by atoms with Gasteiger partial charge in [0.25, 0.3) is 0 Å². The normalized spacial score (nSPS) is 13.3. The van der Waals surface area contributed by atoms with E-state index in [0.29, 0.717) is 30.4 Å². The highest BCUT2D eigenvalue weighted by Gasteiger charge is 2.23. The van der Waals surface area contributed by atoms with Gasteiger partial charge in [0.2, 0.25) is 0 Å². The second kappa shape index (κ2) is 6.18. The highest BCUT2D eigenvalue weighted by Crippen LogP contribution is 2.39. The first-order valence-corrected chi connectivity index (χ1v) is 7.94. The van der Waals surface area contributed by atoms with E-state index in [1.165, 1.54) is 12.1 Å². The number of nitrogen functional groups attached to an aromatic ring is 1. The molecule has 0 aliphatic carbocycles. The standard InChI is InChI=1S/C17H13ClFN5O/c18-15-4-3-10(19)16(23-15)11-8-13-14(9-22-11)25-7-6-24(13)12-2-1-5-21-17(12)20/h1-5,8-9H,6-7H2,(H2,20,21). The van der Waals surface area contributed by atoms with Crippen LogP contribution < -0.4 is 15.4 Å². The van der Waals surface area contributed by atoms with E-state index < -0.39 is 5.82 Å². The Balaban J connectivity index is 1.84. The number of pyridine rings is 3. The van der Waals surface area contributed by atoms with Crippen molar-refractivity contribution in [3.8, 4) is 17.1 Å². The average Bonchev–Trinajstić information content (AvgIpc) is 2.63. The van der Waals surface area contributed by atoms with Crippen molar-refractivity contribution in [3.05, 3.63) is 53.7 Å². The molecule has 0 aromatic carbocycles. The zero-order valence-corrected chi connectivity index (χ0v) is 13.7. The number of aromatic nitrogens is 3. The van der Waals surface area contributed by atoms with Gasteiger partial charge in [-0.05, 0) is 30.3 Å². The van der Waals surface area contributed by atoms with E-state index in [2.05, 4.69) is 15.0 Å². The number of anilines is 3. The topological polar surface area (TPSA) is 77.2 Å². The lowest BCUT2D eigenvalue weighted by atomic mass is 10.1. The predicted molar refractivity (Wildman–Crippen MR) is 93.6 cm³/mol. The SMILES string of the molecule is Nc1ncccc1N1CCOc2cnc(-c3nc(Cl)ccc3F)cc21. The number of hydrogen-bond acceptors (Lipinski definition) is 6. The highest BCUT2D eigenvalue weighted by atomic mass is 35.5. The van der Waals surface area contributed by atoms with E-state index in [4.69, 9.17) is 22.1 Å². The molecule has 8 heteroatoms. The first kappa shape index (κ1) is 15.6. The van der Waals surface area contributed by atoms with Gasteiger partial charge in [0.05, 0.1) is 29.8 Å². The van der Waals surface area contributed by atoms with Gasteiger partial charge in [-0.3, -0.25) is 4.98 Å². The number of rotatable bonds is 2. The van der Waals surface area contributed by atoms with Crippen LogP contribution in [-0.2, 0) is 0 Å². The molecule has 4 heterocycles. The number of ether oxygens (including phenoxy) is 1. The Morgan fingerprint density at radius 3 is 2.92 bits per heavy atom. The van der Waals surface area contributed by atoms with Gasteiger partial charge >= 0.3 is 0 Å². The summed E-state index contributed by atoms with van der Waals surface area (Å²) in [5, 5.41) is 0.195. The summed E-state index contributed by atoms with van der Waals surface area (Å²) in [4.78, 5) is 14.4. The first-order valence-electron chi connectivity index (χ1n) is 7.57. The molecular formula is C17H13ClFN5O. The van der Waals surface area contributed by atoms with Gasteiger partial charge in [0.15, 0.2) is 11.6 Å². The molecule has 1 aliphatic rings. The van der Waals surface area contributed by atoms with Crippen LogP contribution in [0, 0.1) is 5.82 Å². The number of halogens is 2. The van der Waals surface area contributed by atoms with Gasteiger partial charge in [-0.1, -0.05) is 11.6 Å². The molecule has 0 atom stereocenters. The molecule has 0 radical (unpaired) electrons. The fourth-order valence-electron chi connectivity index (χ4n) is 2.74. The molecule has 0 unspecified atom stereocenters. The molecule has 6 nitrogen and oxygen atoms in total. The van der Waals surface area contributed by atoms with Crippen LogP contribution in [0.2, 0.25) is 5.15 Å². The third kappa shape index (κ3) is 2.83. The van der Waals surface area contributed by atoms with Crippen molar-refractivity contribution in [2.24, 2.45) is 0 Å². The first-order chi connectivity index (χ1) is 12.1. The van der Waals surface area contributed by atoms with Gasteiger partial charge < -0.3 is 15.4 Å². The largest absolute Gasteiger partial charge is 0.488 e. The zero-order chi connectivity index (χ0) is 17.4. The zero-order valence-electron chi connectivity index (χ0n) is 13.0. The van der Waals surface area contributed by atoms with Crippen molar-refractivity contribution in [2.75, 3.05) is 23.8 Å². The minimum absolute atomic E-state index is 0.0833. The predicted octanol–water partition coefficient (Wildman–Crippen LogP) is 3.44. The monoisotopic (exact) mass is 357 g/mol. The molecule has 0 saturated carbocycles. The quantitative estimate of drug-likeness (QED) is 0.708.